The predicted molar refractivity (Wildman–Crippen MR) is 49.4 cm³/mol. The summed E-state index contributed by atoms with van der Waals surface area (Å²) in [5.41, 5.74) is 0. The summed E-state index contributed by atoms with van der Waals surface area (Å²) < 4.78 is 4.62. The zero-order valence-electron chi connectivity index (χ0n) is 8.05. The molecule has 15 heavy (non-hydrogen) atoms. The van der Waals surface area contributed by atoms with E-state index in [1.807, 2.05) is 0 Å². The summed E-state index contributed by atoms with van der Waals surface area (Å²) in [6, 6.07) is 0. The molecule has 6 nitrogen and oxygen atoms in total. The molecule has 6 heteroatoms. The average molecular weight is 216 g/mol. The molecule has 0 radical (unpaired) electrons. The van der Waals surface area contributed by atoms with Crippen LogP contribution in [0.25, 0.3) is 0 Å². The van der Waals surface area contributed by atoms with Crippen molar-refractivity contribution in [2.75, 3.05) is 13.2 Å². The van der Waals surface area contributed by atoms with Crippen molar-refractivity contribution in [3.8, 4) is 0 Å². The number of rotatable bonds is 7. The summed E-state index contributed by atoms with van der Waals surface area (Å²) in [6.07, 6.45) is 0.940. The molecule has 0 spiro atoms. The second-order valence-corrected chi connectivity index (χ2v) is 2.34. The maximum atomic E-state index is 10.7. The molecule has 0 rings (SSSR count). The second kappa shape index (κ2) is 7.72. The fraction of sp³-hybridized carbons (Fsp3) is 0.333. The van der Waals surface area contributed by atoms with Gasteiger partial charge in [0, 0.05) is 12.2 Å². The van der Waals surface area contributed by atoms with Crippen LogP contribution in [0.4, 0.5) is 0 Å². The number of esters is 1. The van der Waals surface area contributed by atoms with Gasteiger partial charge in [0.1, 0.15) is 6.61 Å². The molecule has 1 N–H and O–H groups in total. The standard InChI is InChI=1S/C9H12O6/c1-3-8(11)14-7(5-10)6-13-15-9(12)4-2/h3-4,7,10H,1-2,5-6H2. The highest BCUT2D eigenvalue weighted by atomic mass is 17.2. The molecular weight excluding hydrogens is 204 g/mol. The lowest BCUT2D eigenvalue weighted by atomic mass is 10.4. The molecule has 0 fully saturated rings. The van der Waals surface area contributed by atoms with E-state index < -0.39 is 24.6 Å². The van der Waals surface area contributed by atoms with Gasteiger partial charge in [0.05, 0.1) is 6.61 Å². The number of carbonyl (C=O) groups excluding carboxylic acids is 2. The van der Waals surface area contributed by atoms with Crippen LogP contribution in [-0.2, 0) is 24.1 Å². The normalized spacial score (nSPS) is 11.3. The average Bonchev–Trinajstić information content (AvgIpc) is 2.26. The molecule has 0 amide bonds. The monoisotopic (exact) mass is 216 g/mol. The van der Waals surface area contributed by atoms with Crippen LogP contribution in [0.1, 0.15) is 0 Å². The Morgan fingerprint density at radius 2 is 1.87 bits per heavy atom. The van der Waals surface area contributed by atoms with Gasteiger partial charge in [-0.05, 0) is 0 Å². The Labute approximate surface area is 86.7 Å². The van der Waals surface area contributed by atoms with Crippen molar-refractivity contribution in [1.82, 2.24) is 0 Å². The minimum Gasteiger partial charge on any atom is -0.454 e. The Kier molecular flexibility index (Phi) is 6.86. The lowest BCUT2D eigenvalue weighted by Crippen LogP contribution is -2.26. The lowest BCUT2D eigenvalue weighted by molar-refractivity contribution is -0.279. The first-order chi connectivity index (χ1) is 7.13. The Morgan fingerprint density at radius 1 is 1.27 bits per heavy atom. The van der Waals surface area contributed by atoms with Crippen LogP contribution in [0.5, 0.6) is 0 Å². The Morgan fingerprint density at radius 3 is 2.33 bits per heavy atom. The van der Waals surface area contributed by atoms with Crippen LogP contribution >= 0.6 is 0 Å². The smallest absolute Gasteiger partial charge is 0.365 e. The highest BCUT2D eigenvalue weighted by Gasteiger charge is 2.13. The molecule has 1 atom stereocenters. The Bertz CT molecular complexity index is 247. The van der Waals surface area contributed by atoms with Crippen LogP contribution in [0.15, 0.2) is 25.3 Å². The quantitative estimate of drug-likeness (QED) is 0.273. The summed E-state index contributed by atoms with van der Waals surface area (Å²) in [4.78, 5) is 29.8. The fourth-order valence-electron chi connectivity index (χ4n) is 0.538. The van der Waals surface area contributed by atoms with E-state index in [0.29, 0.717) is 0 Å². The van der Waals surface area contributed by atoms with Gasteiger partial charge in [0.25, 0.3) is 0 Å². The third kappa shape index (κ3) is 6.42. The molecule has 0 aliphatic heterocycles. The van der Waals surface area contributed by atoms with E-state index in [2.05, 4.69) is 27.7 Å². The molecule has 0 aliphatic rings. The fourth-order valence-corrected chi connectivity index (χ4v) is 0.538. The van der Waals surface area contributed by atoms with Gasteiger partial charge in [-0.15, -0.1) is 0 Å². The topological polar surface area (TPSA) is 82.1 Å². The van der Waals surface area contributed by atoms with Crippen molar-refractivity contribution in [2.45, 2.75) is 6.10 Å². The van der Waals surface area contributed by atoms with Crippen molar-refractivity contribution < 1.29 is 29.2 Å². The number of hydrogen-bond donors (Lipinski definition) is 1. The highest BCUT2D eigenvalue weighted by molar-refractivity contribution is 5.81. The van der Waals surface area contributed by atoms with Crippen LogP contribution in [0.2, 0.25) is 0 Å². The zero-order chi connectivity index (χ0) is 11.7. The molecule has 0 saturated carbocycles. The van der Waals surface area contributed by atoms with Crippen molar-refractivity contribution >= 4 is 11.9 Å². The van der Waals surface area contributed by atoms with E-state index in [-0.39, 0.29) is 6.61 Å². The van der Waals surface area contributed by atoms with E-state index >= 15 is 0 Å². The van der Waals surface area contributed by atoms with Crippen LogP contribution in [0, 0.1) is 0 Å². The highest BCUT2D eigenvalue weighted by Crippen LogP contribution is 1.95. The molecule has 0 saturated heterocycles. The Balaban J connectivity index is 3.79. The van der Waals surface area contributed by atoms with Gasteiger partial charge >= 0.3 is 11.9 Å². The van der Waals surface area contributed by atoms with Crippen LogP contribution < -0.4 is 0 Å². The number of carbonyl (C=O) groups is 2. The van der Waals surface area contributed by atoms with Crippen molar-refractivity contribution in [1.29, 1.82) is 0 Å². The Hall–Kier alpha value is -1.66. The number of aliphatic hydroxyl groups is 1. The second-order valence-electron chi connectivity index (χ2n) is 2.34. The van der Waals surface area contributed by atoms with Gasteiger partial charge in [0.15, 0.2) is 6.10 Å². The number of aliphatic hydroxyl groups excluding tert-OH is 1. The summed E-state index contributed by atoms with van der Waals surface area (Å²) >= 11 is 0. The summed E-state index contributed by atoms with van der Waals surface area (Å²) in [5.74, 6) is -1.48. The molecule has 84 valence electrons. The molecule has 1 unspecified atom stereocenters. The SMILES string of the molecule is C=CC(=O)OOCC(CO)OC(=O)C=C. The molecule has 0 aliphatic carbocycles. The summed E-state index contributed by atoms with van der Waals surface area (Å²) in [7, 11) is 0. The minimum absolute atomic E-state index is 0.268. The zero-order valence-corrected chi connectivity index (χ0v) is 8.05. The minimum atomic E-state index is -0.909. The van der Waals surface area contributed by atoms with E-state index in [9.17, 15) is 9.59 Å². The predicted octanol–water partition coefficient (Wildman–Crippen LogP) is -0.263. The summed E-state index contributed by atoms with van der Waals surface area (Å²) in [6.45, 7) is 5.59. The van der Waals surface area contributed by atoms with Crippen LogP contribution in [-0.4, -0.2) is 36.4 Å². The van der Waals surface area contributed by atoms with Gasteiger partial charge in [-0.3, -0.25) is 4.89 Å². The van der Waals surface area contributed by atoms with Gasteiger partial charge < -0.3 is 9.84 Å². The molecular formula is C9H12O6. The molecule has 0 aromatic rings. The van der Waals surface area contributed by atoms with Gasteiger partial charge in [-0.2, -0.15) is 4.89 Å². The van der Waals surface area contributed by atoms with Crippen molar-refractivity contribution in [2.24, 2.45) is 0 Å². The van der Waals surface area contributed by atoms with E-state index in [1.165, 1.54) is 0 Å². The number of hydrogen-bond acceptors (Lipinski definition) is 6. The first-order valence-corrected chi connectivity index (χ1v) is 4.03. The first kappa shape index (κ1) is 13.3. The van der Waals surface area contributed by atoms with Crippen molar-refractivity contribution in [3.05, 3.63) is 25.3 Å². The van der Waals surface area contributed by atoms with Crippen LogP contribution in [0.3, 0.4) is 0 Å². The molecule has 0 heterocycles. The van der Waals surface area contributed by atoms with E-state index in [1.54, 1.807) is 0 Å². The molecule has 0 aromatic carbocycles. The van der Waals surface area contributed by atoms with Gasteiger partial charge in [-0.1, -0.05) is 13.2 Å². The maximum absolute atomic E-state index is 10.7. The number of ether oxygens (including phenoxy) is 1. The molecule has 0 aromatic heterocycles. The third-order valence-corrected chi connectivity index (χ3v) is 1.21. The lowest BCUT2D eigenvalue weighted by Gasteiger charge is -2.12. The molecule has 0 bridgehead atoms. The van der Waals surface area contributed by atoms with Crippen molar-refractivity contribution in [3.63, 3.8) is 0 Å². The van der Waals surface area contributed by atoms with E-state index in [0.717, 1.165) is 12.2 Å². The summed E-state index contributed by atoms with van der Waals surface area (Å²) in [5, 5.41) is 8.74. The van der Waals surface area contributed by atoms with E-state index in [4.69, 9.17) is 5.11 Å². The first-order valence-electron chi connectivity index (χ1n) is 4.03. The van der Waals surface area contributed by atoms with Gasteiger partial charge in [0.2, 0.25) is 0 Å². The van der Waals surface area contributed by atoms with Gasteiger partial charge in [-0.25, -0.2) is 9.59 Å². The maximum Gasteiger partial charge on any atom is 0.365 e. The largest absolute Gasteiger partial charge is 0.454 e. The third-order valence-electron chi connectivity index (χ3n) is 1.21.